The molecule has 0 aromatic heterocycles. The summed E-state index contributed by atoms with van der Waals surface area (Å²) < 4.78 is 5.08. The normalized spacial score (nSPS) is 18.2. The van der Waals surface area contributed by atoms with Crippen molar-refractivity contribution in [3.63, 3.8) is 0 Å². The van der Waals surface area contributed by atoms with Gasteiger partial charge in [-0.2, -0.15) is 0 Å². The molecule has 2 fully saturated rings. The lowest BCUT2D eigenvalue weighted by molar-refractivity contribution is -0.133. The molecule has 3 rings (SSSR count). The van der Waals surface area contributed by atoms with Crippen LogP contribution in [0, 0.1) is 5.92 Å². The van der Waals surface area contributed by atoms with Crippen molar-refractivity contribution < 1.29 is 23.9 Å². The van der Waals surface area contributed by atoms with Gasteiger partial charge in [-0.1, -0.05) is 0 Å². The van der Waals surface area contributed by atoms with Gasteiger partial charge in [-0.05, 0) is 37.1 Å². The van der Waals surface area contributed by atoms with Crippen LogP contribution in [-0.4, -0.2) is 49.4 Å². The van der Waals surface area contributed by atoms with Crippen molar-refractivity contribution in [3.05, 3.63) is 24.3 Å². The number of nitrogens with two attached hydrogens (primary N) is 1. The second kappa shape index (κ2) is 7.52. The summed E-state index contributed by atoms with van der Waals surface area (Å²) in [6, 6.07) is 5.15. The van der Waals surface area contributed by atoms with E-state index in [0.717, 1.165) is 12.8 Å². The molecule has 26 heavy (non-hydrogen) atoms. The SMILES string of the molecule is NC(=O)[C@H](NC(=O)C1CC1)C(=O)Nc1ccc(N2CCOCC2=O)cc1. The first kappa shape index (κ1) is 17.9. The highest BCUT2D eigenvalue weighted by Crippen LogP contribution is 2.29. The first-order chi connectivity index (χ1) is 12.5. The third kappa shape index (κ3) is 4.17. The quantitative estimate of drug-likeness (QED) is 0.581. The Morgan fingerprint density at radius 2 is 1.88 bits per heavy atom. The number of rotatable bonds is 6. The lowest BCUT2D eigenvalue weighted by atomic mass is 10.2. The topological polar surface area (TPSA) is 131 Å². The Labute approximate surface area is 149 Å². The van der Waals surface area contributed by atoms with E-state index in [-0.39, 0.29) is 24.3 Å². The highest BCUT2D eigenvalue weighted by Gasteiger charge is 2.34. The van der Waals surface area contributed by atoms with Crippen LogP contribution in [0.5, 0.6) is 0 Å². The summed E-state index contributed by atoms with van der Waals surface area (Å²) in [5.74, 6) is -2.25. The second-order valence-corrected chi connectivity index (χ2v) is 6.25. The number of nitrogens with zero attached hydrogens (tertiary/aromatic N) is 1. The number of anilines is 2. The van der Waals surface area contributed by atoms with Crippen LogP contribution in [0.2, 0.25) is 0 Å². The Morgan fingerprint density at radius 1 is 1.19 bits per heavy atom. The molecular formula is C17H20N4O5. The van der Waals surface area contributed by atoms with Crippen LogP contribution < -0.4 is 21.3 Å². The standard InChI is InChI=1S/C17H20N4O5/c18-15(23)14(20-16(24)10-1-2-10)17(25)19-11-3-5-12(6-4-11)21-7-8-26-9-13(21)22/h3-6,10,14H,1-2,7-9H2,(H2,18,23)(H,19,25)(H,20,24)/t14-/m0/s1. The highest BCUT2D eigenvalue weighted by atomic mass is 16.5. The third-order valence-corrected chi connectivity index (χ3v) is 4.21. The Balaban J connectivity index is 1.63. The van der Waals surface area contributed by atoms with Crippen LogP contribution >= 0.6 is 0 Å². The maximum atomic E-state index is 12.3. The summed E-state index contributed by atoms with van der Waals surface area (Å²) in [6.45, 7) is 0.964. The number of hydrogen-bond acceptors (Lipinski definition) is 5. The van der Waals surface area contributed by atoms with Gasteiger partial charge in [0.25, 0.3) is 11.8 Å². The van der Waals surface area contributed by atoms with E-state index >= 15 is 0 Å². The predicted molar refractivity (Wildman–Crippen MR) is 92.1 cm³/mol. The molecule has 1 heterocycles. The molecule has 1 aliphatic carbocycles. The fourth-order valence-corrected chi connectivity index (χ4v) is 2.60. The number of benzene rings is 1. The number of ether oxygens (including phenoxy) is 1. The van der Waals surface area contributed by atoms with Gasteiger partial charge >= 0.3 is 0 Å². The van der Waals surface area contributed by atoms with Gasteiger partial charge in [-0.3, -0.25) is 19.2 Å². The fraction of sp³-hybridized carbons (Fsp3) is 0.412. The summed E-state index contributed by atoms with van der Waals surface area (Å²) in [7, 11) is 0. The molecule has 4 amide bonds. The van der Waals surface area contributed by atoms with Crippen molar-refractivity contribution >= 4 is 35.0 Å². The van der Waals surface area contributed by atoms with E-state index in [0.29, 0.717) is 24.5 Å². The molecule has 0 spiro atoms. The van der Waals surface area contributed by atoms with Crippen LogP contribution in [-0.2, 0) is 23.9 Å². The molecule has 4 N–H and O–H groups in total. The van der Waals surface area contributed by atoms with Crippen molar-refractivity contribution in [1.82, 2.24) is 5.32 Å². The van der Waals surface area contributed by atoms with Crippen molar-refractivity contribution in [2.24, 2.45) is 11.7 Å². The molecule has 1 saturated carbocycles. The van der Waals surface area contributed by atoms with Crippen LogP contribution in [0.3, 0.4) is 0 Å². The van der Waals surface area contributed by atoms with Crippen LogP contribution in [0.4, 0.5) is 11.4 Å². The van der Waals surface area contributed by atoms with Crippen molar-refractivity contribution in [2.75, 3.05) is 30.0 Å². The van der Waals surface area contributed by atoms with Gasteiger partial charge in [0.1, 0.15) is 6.61 Å². The zero-order valence-corrected chi connectivity index (χ0v) is 14.1. The number of amides is 4. The molecule has 138 valence electrons. The van der Waals surface area contributed by atoms with Gasteiger partial charge in [0, 0.05) is 23.8 Å². The summed E-state index contributed by atoms with van der Waals surface area (Å²) in [5, 5.41) is 4.92. The van der Waals surface area contributed by atoms with E-state index in [1.54, 1.807) is 29.2 Å². The molecule has 1 saturated heterocycles. The van der Waals surface area contributed by atoms with E-state index in [1.165, 1.54) is 0 Å². The largest absolute Gasteiger partial charge is 0.370 e. The first-order valence-corrected chi connectivity index (χ1v) is 8.34. The van der Waals surface area contributed by atoms with E-state index in [2.05, 4.69) is 10.6 Å². The Morgan fingerprint density at radius 3 is 2.46 bits per heavy atom. The minimum absolute atomic E-state index is 0.0411. The Bertz CT molecular complexity index is 729. The average molecular weight is 360 g/mol. The van der Waals surface area contributed by atoms with E-state index in [9.17, 15) is 19.2 Å². The molecule has 9 heteroatoms. The lowest BCUT2D eigenvalue weighted by Gasteiger charge is -2.27. The van der Waals surface area contributed by atoms with Gasteiger partial charge in [0.15, 0.2) is 6.04 Å². The Kier molecular flexibility index (Phi) is 5.17. The van der Waals surface area contributed by atoms with E-state index < -0.39 is 17.9 Å². The summed E-state index contributed by atoms with van der Waals surface area (Å²) in [6.07, 6.45) is 1.50. The summed E-state index contributed by atoms with van der Waals surface area (Å²) in [4.78, 5) is 49.0. The first-order valence-electron chi connectivity index (χ1n) is 8.34. The molecule has 0 radical (unpaired) electrons. The molecular weight excluding hydrogens is 340 g/mol. The zero-order chi connectivity index (χ0) is 18.7. The van der Waals surface area contributed by atoms with E-state index in [4.69, 9.17) is 10.5 Å². The minimum atomic E-state index is -1.43. The molecule has 0 unspecified atom stereocenters. The van der Waals surface area contributed by atoms with Gasteiger partial charge in [-0.15, -0.1) is 0 Å². The van der Waals surface area contributed by atoms with Crippen LogP contribution in [0.15, 0.2) is 24.3 Å². The third-order valence-electron chi connectivity index (χ3n) is 4.21. The van der Waals surface area contributed by atoms with E-state index in [1.807, 2.05) is 0 Å². The number of morpholine rings is 1. The summed E-state index contributed by atoms with van der Waals surface area (Å²) in [5.41, 5.74) is 6.33. The number of carbonyl (C=O) groups excluding carboxylic acids is 4. The zero-order valence-electron chi connectivity index (χ0n) is 14.1. The van der Waals surface area contributed by atoms with Crippen LogP contribution in [0.25, 0.3) is 0 Å². The van der Waals surface area contributed by atoms with Gasteiger partial charge < -0.3 is 26.0 Å². The molecule has 1 atom stereocenters. The molecule has 9 nitrogen and oxygen atoms in total. The predicted octanol–water partition coefficient (Wildman–Crippen LogP) is -0.632. The highest BCUT2D eigenvalue weighted by molar-refractivity contribution is 6.11. The maximum absolute atomic E-state index is 12.3. The Hall–Kier alpha value is -2.94. The molecule has 1 aromatic rings. The van der Waals surface area contributed by atoms with Gasteiger partial charge in [0.2, 0.25) is 11.8 Å². The number of hydrogen-bond donors (Lipinski definition) is 3. The van der Waals surface area contributed by atoms with Crippen LogP contribution in [0.1, 0.15) is 12.8 Å². The molecule has 1 aliphatic heterocycles. The van der Waals surface area contributed by atoms with Crippen molar-refractivity contribution in [2.45, 2.75) is 18.9 Å². The minimum Gasteiger partial charge on any atom is -0.370 e. The van der Waals surface area contributed by atoms with Gasteiger partial charge in [-0.25, -0.2) is 0 Å². The monoisotopic (exact) mass is 360 g/mol. The summed E-state index contributed by atoms with van der Waals surface area (Å²) >= 11 is 0. The molecule has 2 aliphatic rings. The lowest BCUT2D eigenvalue weighted by Crippen LogP contribution is -2.52. The molecule has 1 aromatic carbocycles. The number of nitrogens with one attached hydrogen (secondary N) is 2. The smallest absolute Gasteiger partial charge is 0.256 e. The fourth-order valence-electron chi connectivity index (χ4n) is 2.60. The second-order valence-electron chi connectivity index (χ2n) is 6.25. The number of primary amides is 1. The van der Waals surface area contributed by atoms with Crippen molar-refractivity contribution in [3.8, 4) is 0 Å². The number of carbonyl (C=O) groups is 4. The maximum Gasteiger partial charge on any atom is 0.256 e. The average Bonchev–Trinajstić information content (AvgIpc) is 3.45. The van der Waals surface area contributed by atoms with Crippen molar-refractivity contribution in [1.29, 1.82) is 0 Å². The molecule has 0 bridgehead atoms. The van der Waals surface area contributed by atoms with Gasteiger partial charge in [0.05, 0.1) is 6.61 Å².